The Morgan fingerprint density at radius 1 is 0.968 bits per heavy atom. The summed E-state index contributed by atoms with van der Waals surface area (Å²) in [5.74, 6) is -1.28. The van der Waals surface area contributed by atoms with Crippen LogP contribution >= 0.6 is 23.8 Å². The van der Waals surface area contributed by atoms with Gasteiger partial charge in [-0.05, 0) is 61.6 Å². The second-order valence-corrected chi connectivity index (χ2v) is 7.73. The Labute approximate surface area is 188 Å². The van der Waals surface area contributed by atoms with Gasteiger partial charge in [-0.3, -0.25) is 29.3 Å². The molecule has 1 N–H and O–H groups in total. The molecule has 156 valence electrons. The molecule has 0 atom stereocenters. The number of amides is 2. The highest BCUT2D eigenvalue weighted by molar-refractivity contribution is 7.80. The molecule has 2 amide bonds. The van der Waals surface area contributed by atoms with Crippen molar-refractivity contribution in [2.75, 3.05) is 4.90 Å². The van der Waals surface area contributed by atoms with E-state index in [9.17, 15) is 14.4 Å². The van der Waals surface area contributed by atoms with Crippen LogP contribution in [0.2, 0.25) is 5.02 Å². The van der Waals surface area contributed by atoms with Gasteiger partial charge in [0.05, 0.1) is 16.9 Å². The lowest BCUT2D eigenvalue weighted by atomic mass is 10.1. The number of aromatic nitrogens is 2. The molecule has 0 unspecified atom stereocenters. The first-order valence-corrected chi connectivity index (χ1v) is 10.1. The van der Waals surface area contributed by atoms with Crippen LogP contribution in [0.3, 0.4) is 0 Å². The van der Waals surface area contributed by atoms with E-state index < -0.39 is 11.8 Å². The van der Waals surface area contributed by atoms with E-state index in [1.54, 1.807) is 55.1 Å². The van der Waals surface area contributed by atoms with Crippen molar-refractivity contribution in [2.24, 2.45) is 7.05 Å². The zero-order valence-corrected chi connectivity index (χ0v) is 18.2. The third-order valence-electron chi connectivity index (χ3n) is 5.07. The highest BCUT2D eigenvalue weighted by Crippen LogP contribution is 2.24. The third-order valence-corrected chi connectivity index (χ3v) is 5.61. The topological polar surface area (TPSA) is 76.3 Å². The van der Waals surface area contributed by atoms with E-state index in [-0.39, 0.29) is 21.8 Å². The summed E-state index contributed by atoms with van der Waals surface area (Å²) in [5, 5.41) is 2.98. The number of benzene rings is 2. The maximum Gasteiger partial charge on any atom is 0.278 e. The molecule has 0 spiro atoms. The molecule has 1 aliphatic heterocycles. The molecule has 0 radical (unpaired) electrons. The van der Waals surface area contributed by atoms with Gasteiger partial charge in [-0.15, -0.1) is 0 Å². The fraction of sp³-hybridized carbons (Fsp3) is 0.0909. The van der Waals surface area contributed by atoms with Crippen molar-refractivity contribution in [3.8, 4) is 5.69 Å². The lowest BCUT2D eigenvalue weighted by Gasteiger charge is -2.28. The summed E-state index contributed by atoms with van der Waals surface area (Å²) < 4.78 is 3.16. The molecule has 1 aliphatic rings. The molecule has 7 nitrogen and oxygen atoms in total. The van der Waals surface area contributed by atoms with Crippen LogP contribution < -0.4 is 15.8 Å². The first-order chi connectivity index (χ1) is 14.8. The molecule has 2 aromatic carbocycles. The van der Waals surface area contributed by atoms with Gasteiger partial charge in [0, 0.05) is 17.8 Å². The second-order valence-electron chi connectivity index (χ2n) is 6.91. The molecule has 4 rings (SSSR count). The molecule has 0 saturated carbocycles. The van der Waals surface area contributed by atoms with E-state index in [1.807, 2.05) is 18.2 Å². The highest BCUT2D eigenvalue weighted by Gasteiger charge is 2.35. The summed E-state index contributed by atoms with van der Waals surface area (Å²) in [6, 6.07) is 15.6. The van der Waals surface area contributed by atoms with Gasteiger partial charge in [0.2, 0.25) is 0 Å². The SMILES string of the molecule is Cc1c(/C=C2\C(=O)NC(=S)N(c3ccc(Cl)cc3)C2=O)c(=O)n(-c2ccccc2)n1C. The quantitative estimate of drug-likeness (QED) is 0.376. The summed E-state index contributed by atoms with van der Waals surface area (Å²) in [6.45, 7) is 1.75. The number of carbonyl (C=O) groups is 2. The van der Waals surface area contributed by atoms with E-state index in [0.29, 0.717) is 22.1 Å². The van der Waals surface area contributed by atoms with Gasteiger partial charge in [-0.25, -0.2) is 4.68 Å². The summed E-state index contributed by atoms with van der Waals surface area (Å²) in [4.78, 5) is 40.1. The van der Waals surface area contributed by atoms with E-state index in [0.717, 1.165) is 0 Å². The van der Waals surface area contributed by atoms with Crippen LogP contribution in [0.5, 0.6) is 0 Å². The minimum atomic E-state index is -0.658. The van der Waals surface area contributed by atoms with E-state index in [1.165, 1.54) is 15.7 Å². The van der Waals surface area contributed by atoms with Crippen LogP contribution in [-0.4, -0.2) is 26.3 Å². The number of hydrogen-bond donors (Lipinski definition) is 1. The van der Waals surface area contributed by atoms with Crippen molar-refractivity contribution in [3.05, 3.63) is 86.8 Å². The molecule has 1 saturated heterocycles. The number of halogens is 1. The molecular weight excluding hydrogens is 436 g/mol. The summed E-state index contributed by atoms with van der Waals surface area (Å²) >= 11 is 11.1. The van der Waals surface area contributed by atoms with E-state index in [2.05, 4.69) is 5.32 Å². The smallest absolute Gasteiger partial charge is 0.278 e. The van der Waals surface area contributed by atoms with Crippen molar-refractivity contribution in [2.45, 2.75) is 6.92 Å². The monoisotopic (exact) mass is 452 g/mol. The maximum absolute atomic E-state index is 13.2. The zero-order valence-electron chi connectivity index (χ0n) is 16.6. The standard InChI is InChI=1S/C22H17ClN4O3S/c1-13-17(21(30)27(25(13)2)16-6-4-3-5-7-16)12-18-19(28)24-22(31)26(20(18)29)15-10-8-14(23)9-11-15/h3-12H,1-2H3,(H,24,28,31)/b18-12+. The van der Waals surface area contributed by atoms with Crippen LogP contribution in [0.15, 0.2) is 65.0 Å². The molecule has 1 aromatic heterocycles. The average Bonchev–Trinajstić information content (AvgIpc) is 2.95. The summed E-state index contributed by atoms with van der Waals surface area (Å²) in [7, 11) is 1.74. The molecular formula is C22H17ClN4O3S. The molecule has 2 heterocycles. The Balaban J connectivity index is 1.82. The normalized spacial score (nSPS) is 15.5. The van der Waals surface area contributed by atoms with Crippen molar-refractivity contribution in [3.63, 3.8) is 0 Å². The minimum absolute atomic E-state index is 0.0408. The Morgan fingerprint density at radius 2 is 1.61 bits per heavy atom. The number of anilines is 1. The molecule has 31 heavy (non-hydrogen) atoms. The van der Waals surface area contributed by atoms with Crippen LogP contribution in [0, 0.1) is 6.92 Å². The molecule has 0 bridgehead atoms. The number of para-hydroxylation sites is 1. The van der Waals surface area contributed by atoms with Crippen molar-refractivity contribution in [1.82, 2.24) is 14.7 Å². The number of hydrogen-bond acceptors (Lipinski definition) is 4. The largest absolute Gasteiger partial charge is 0.298 e. The Kier molecular flexibility index (Phi) is 5.34. The van der Waals surface area contributed by atoms with Gasteiger partial charge in [0.1, 0.15) is 5.57 Å². The van der Waals surface area contributed by atoms with Gasteiger partial charge < -0.3 is 0 Å². The Bertz CT molecular complexity index is 1310. The average molecular weight is 453 g/mol. The number of nitrogens with zero attached hydrogens (tertiary/aromatic N) is 3. The number of carbonyl (C=O) groups excluding carboxylic acids is 2. The van der Waals surface area contributed by atoms with Gasteiger partial charge in [-0.2, -0.15) is 0 Å². The molecule has 3 aromatic rings. The zero-order chi connectivity index (χ0) is 22.3. The lowest BCUT2D eigenvalue weighted by molar-refractivity contribution is -0.122. The lowest BCUT2D eigenvalue weighted by Crippen LogP contribution is -2.54. The highest BCUT2D eigenvalue weighted by atomic mass is 35.5. The first kappa shape index (κ1) is 20.8. The Hall–Kier alpha value is -3.49. The number of rotatable bonds is 3. The fourth-order valence-electron chi connectivity index (χ4n) is 3.38. The molecule has 1 fully saturated rings. The first-order valence-electron chi connectivity index (χ1n) is 9.30. The summed E-state index contributed by atoms with van der Waals surface area (Å²) in [5.41, 5.74) is 1.45. The van der Waals surface area contributed by atoms with E-state index in [4.69, 9.17) is 23.8 Å². The van der Waals surface area contributed by atoms with Gasteiger partial charge in [0.25, 0.3) is 17.4 Å². The van der Waals surface area contributed by atoms with E-state index >= 15 is 0 Å². The third kappa shape index (κ3) is 3.60. The van der Waals surface area contributed by atoms with Crippen molar-refractivity contribution >= 4 is 52.5 Å². The predicted octanol–water partition coefficient (Wildman–Crippen LogP) is 2.97. The van der Waals surface area contributed by atoms with Crippen molar-refractivity contribution in [1.29, 1.82) is 0 Å². The molecule has 0 aliphatic carbocycles. The van der Waals surface area contributed by atoms with Gasteiger partial charge in [-0.1, -0.05) is 29.8 Å². The van der Waals surface area contributed by atoms with Crippen LogP contribution in [0.4, 0.5) is 5.69 Å². The predicted molar refractivity (Wildman–Crippen MR) is 123 cm³/mol. The number of nitrogens with one attached hydrogen (secondary N) is 1. The minimum Gasteiger partial charge on any atom is -0.298 e. The summed E-state index contributed by atoms with van der Waals surface area (Å²) in [6.07, 6.45) is 1.32. The molecule has 9 heteroatoms. The maximum atomic E-state index is 13.2. The fourth-order valence-corrected chi connectivity index (χ4v) is 3.79. The Morgan fingerprint density at radius 3 is 2.26 bits per heavy atom. The van der Waals surface area contributed by atoms with Crippen LogP contribution in [0.25, 0.3) is 11.8 Å². The van der Waals surface area contributed by atoms with Crippen molar-refractivity contribution < 1.29 is 9.59 Å². The van der Waals surface area contributed by atoms with Crippen LogP contribution in [0.1, 0.15) is 11.3 Å². The second kappa shape index (κ2) is 7.98. The van der Waals surface area contributed by atoms with Gasteiger partial charge >= 0.3 is 0 Å². The van der Waals surface area contributed by atoms with Crippen LogP contribution in [-0.2, 0) is 16.6 Å². The van der Waals surface area contributed by atoms with Gasteiger partial charge in [0.15, 0.2) is 5.11 Å². The number of thiocarbonyl (C=S) groups is 1.